The van der Waals surface area contributed by atoms with Crippen LogP contribution in [0, 0.1) is 0 Å². The van der Waals surface area contributed by atoms with E-state index in [9.17, 15) is 0 Å². The van der Waals surface area contributed by atoms with E-state index >= 15 is 0 Å². The molecule has 1 aliphatic rings. The molecule has 0 bridgehead atoms. The highest BCUT2D eigenvalue weighted by atomic mass is 15.2. The predicted octanol–water partition coefficient (Wildman–Crippen LogP) is 2.18. The average molecular weight is 272 g/mol. The molecular weight excluding hydrogens is 248 g/mol. The van der Waals surface area contributed by atoms with Crippen LogP contribution in [0.1, 0.15) is 25.1 Å². The highest BCUT2D eigenvalue weighted by Crippen LogP contribution is 2.13. The van der Waals surface area contributed by atoms with Crippen molar-refractivity contribution in [3.63, 3.8) is 0 Å². The van der Waals surface area contributed by atoms with Crippen molar-refractivity contribution in [3.05, 3.63) is 30.1 Å². The van der Waals surface area contributed by atoms with Gasteiger partial charge in [-0.15, -0.1) is 0 Å². The number of aryl methyl sites for hydroxylation is 1. The maximum absolute atomic E-state index is 4.61. The number of H-pyrrole nitrogens is 1. The van der Waals surface area contributed by atoms with Crippen LogP contribution in [0.5, 0.6) is 0 Å². The number of fused-ring (bicyclic) bond motifs is 1. The van der Waals surface area contributed by atoms with Crippen LogP contribution in [-0.4, -0.2) is 47.6 Å². The van der Waals surface area contributed by atoms with Crippen molar-refractivity contribution < 1.29 is 0 Å². The second kappa shape index (κ2) is 6.37. The maximum Gasteiger partial charge on any atom is 0.107 e. The largest absolute Gasteiger partial charge is 0.342 e. The van der Waals surface area contributed by atoms with Gasteiger partial charge < -0.3 is 15.2 Å². The molecular formula is C16H24N4. The average Bonchev–Trinajstić information content (AvgIpc) is 3.04. The number of aromatic nitrogens is 2. The molecule has 4 nitrogen and oxygen atoms in total. The summed E-state index contributed by atoms with van der Waals surface area (Å²) in [6.45, 7) is 3.45. The van der Waals surface area contributed by atoms with Gasteiger partial charge in [0.25, 0.3) is 0 Å². The minimum Gasteiger partial charge on any atom is -0.342 e. The van der Waals surface area contributed by atoms with Gasteiger partial charge in [0.05, 0.1) is 11.0 Å². The molecule has 1 unspecified atom stereocenters. The van der Waals surface area contributed by atoms with Gasteiger partial charge in [0.2, 0.25) is 0 Å². The van der Waals surface area contributed by atoms with Crippen LogP contribution in [0.3, 0.4) is 0 Å². The zero-order chi connectivity index (χ0) is 13.8. The molecule has 0 aliphatic carbocycles. The highest BCUT2D eigenvalue weighted by molar-refractivity contribution is 5.74. The summed E-state index contributed by atoms with van der Waals surface area (Å²) < 4.78 is 0. The Kier molecular flexibility index (Phi) is 4.33. The van der Waals surface area contributed by atoms with E-state index in [1.165, 1.54) is 19.4 Å². The third-order valence-electron chi connectivity index (χ3n) is 4.26. The fraction of sp³-hybridized carbons (Fsp3) is 0.562. The number of benzene rings is 1. The van der Waals surface area contributed by atoms with Crippen LogP contribution in [0.2, 0.25) is 0 Å². The molecule has 2 N–H and O–H groups in total. The summed E-state index contributed by atoms with van der Waals surface area (Å²) in [5.41, 5.74) is 2.21. The summed E-state index contributed by atoms with van der Waals surface area (Å²) in [6, 6.07) is 8.96. The third kappa shape index (κ3) is 3.19. The lowest BCUT2D eigenvalue weighted by Crippen LogP contribution is -2.35. The van der Waals surface area contributed by atoms with E-state index in [4.69, 9.17) is 0 Å². The van der Waals surface area contributed by atoms with Gasteiger partial charge >= 0.3 is 0 Å². The topological polar surface area (TPSA) is 44.0 Å². The number of rotatable bonds is 6. The van der Waals surface area contributed by atoms with E-state index in [0.717, 1.165) is 48.8 Å². The Morgan fingerprint density at radius 3 is 3.10 bits per heavy atom. The number of para-hydroxylation sites is 2. The van der Waals surface area contributed by atoms with Crippen molar-refractivity contribution in [3.8, 4) is 0 Å². The minimum atomic E-state index is 0.737. The van der Waals surface area contributed by atoms with Crippen LogP contribution in [0.4, 0.5) is 0 Å². The van der Waals surface area contributed by atoms with Crippen molar-refractivity contribution in [1.82, 2.24) is 20.2 Å². The lowest BCUT2D eigenvalue weighted by molar-refractivity contribution is 0.300. The summed E-state index contributed by atoms with van der Waals surface area (Å²) in [5, 5.41) is 3.58. The Morgan fingerprint density at radius 2 is 2.30 bits per heavy atom. The normalized spacial score (nSPS) is 19.9. The fourth-order valence-electron chi connectivity index (χ4n) is 3.01. The molecule has 0 spiro atoms. The standard InChI is InChI=1S/C16H24N4/c1-20-11-5-6-13(20)12-17-10-4-9-16-18-14-7-2-3-8-15(14)19-16/h2-3,7-8,13,17H,4-6,9-12H2,1H3,(H,18,19). The second-order valence-electron chi connectivity index (χ2n) is 5.78. The Labute approximate surface area is 120 Å². The highest BCUT2D eigenvalue weighted by Gasteiger charge is 2.19. The Hall–Kier alpha value is -1.39. The SMILES string of the molecule is CN1CCCC1CNCCCc1nc2ccccc2[nH]1. The summed E-state index contributed by atoms with van der Waals surface area (Å²) in [6.07, 6.45) is 4.84. The Bertz CT molecular complexity index is 515. The molecule has 0 amide bonds. The van der Waals surface area contributed by atoms with E-state index in [2.05, 4.69) is 39.4 Å². The van der Waals surface area contributed by atoms with E-state index < -0.39 is 0 Å². The maximum atomic E-state index is 4.61. The first-order valence-corrected chi connectivity index (χ1v) is 7.67. The summed E-state index contributed by atoms with van der Waals surface area (Å²) >= 11 is 0. The number of nitrogens with zero attached hydrogens (tertiary/aromatic N) is 2. The van der Waals surface area contributed by atoms with E-state index in [0.29, 0.717) is 0 Å². The van der Waals surface area contributed by atoms with Gasteiger partial charge in [0, 0.05) is 19.0 Å². The molecule has 20 heavy (non-hydrogen) atoms. The summed E-state index contributed by atoms with van der Waals surface area (Å²) in [5.74, 6) is 1.10. The molecule has 1 atom stereocenters. The smallest absolute Gasteiger partial charge is 0.107 e. The van der Waals surface area contributed by atoms with Crippen LogP contribution >= 0.6 is 0 Å². The second-order valence-corrected chi connectivity index (χ2v) is 5.78. The molecule has 1 saturated heterocycles. The fourth-order valence-corrected chi connectivity index (χ4v) is 3.01. The molecule has 1 aromatic carbocycles. The minimum absolute atomic E-state index is 0.737. The van der Waals surface area contributed by atoms with Crippen LogP contribution in [-0.2, 0) is 6.42 Å². The van der Waals surface area contributed by atoms with Crippen molar-refractivity contribution in [1.29, 1.82) is 0 Å². The van der Waals surface area contributed by atoms with Crippen LogP contribution in [0.25, 0.3) is 11.0 Å². The van der Waals surface area contributed by atoms with Crippen molar-refractivity contribution in [2.24, 2.45) is 0 Å². The van der Waals surface area contributed by atoms with Crippen molar-refractivity contribution >= 4 is 11.0 Å². The van der Waals surface area contributed by atoms with Crippen LogP contribution in [0.15, 0.2) is 24.3 Å². The molecule has 0 saturated carbocycles. The van der Waals surface area contributed by atoms with E-state index in [1.807, 2.05) is 12.1 Å². The van der Waals surface area contributed by atoms with Gasteiger partial charge in [-0.1, -0.05) is 12.1 Å². The number of nitrogens with one attached hydrogen (secondary N) is 2. The van der Waals surface area contributed by atoms with Gasteiger partial charge in [0.1, 0.15) is 5.82 Å². The third-order valence-corrected chi connectivity index (χ3v) is 4.26. The molecule has 1 fully saturated rings. The molecule has 2 heterocycles. The first kappa shape index (κ1) is 13.6. The number of likely N-dealkylation sites (N-methyl/N-ethyl adjacent to an activating group) is 1. The zero-order valence-electron chi connectivity index (χ0n) is 12.2. The van der Waals surface area contributed by atoms with Gasteiger partial charge in [-0.2, -0.15) is 0 Å². The van der Waals surface area contributed by atoms with Crippen LogP contribution < -0.4 is 5.32 Å². The molecule has 0 radical (unpaired) electrons. The van der Waals surface area contributed by atoms with Gasteiger partial charge in [0.15, 0.2) is 0 Å². The Balaban J connectivity index is 1.39. The number of imidazole rings is 1. The molecule has 1 aliphatic heterocycles. The Morgan fingerprint density at radius 1 is 1.40 bits per heavy atom. The predicted molar refractivity (Wildman–Crippen MR) is 82.9 cm³/mol. The summed E-state index contributed by atoms with van der Waals surface area (Å²) in [4.78, 5) is 10.5. The number of aromatic amines is 1. The zero-order valence-corrected chi connectivity index (χ0v) is 12.2. The molecule has 2 aromatic rings. The van der Waals surface area contributed by atoms with E-state index in [1.54, 1.807) is 0 Å². The first-order chi connectivity index (χ1) is 9.83. The number of hydrogen-bond donors (Lipinski definition) is 2. The monoisotopic (exact) mass is 272 g/mol. The lowest BCUT2D eigenvalue weighted by Gasteiger charge is -2.19. The molecule has 3 rings (SSSR count). The molecule has 108 valence electrons. The quantitative estimate of drug-likeness (QED) is 0.792. The van der Waals surface area contributed by atoms with Crippen molar-refractivity contribution in [2.45, 2.75) is 31.7 Å². The van der Waals surface area contributed by atoms with Gasteiger partial charge in [-0.25, -0.2) is 4.98 Å². The lowest BCUT2D eigenvalue weighted by atomic mass is 10.2. The first-order valence-electron chi connectivity index (χ1n) is 7.67. The molecule has 1 aromatic heterocycles. The number of likely N-dealkylation sites (tertiary alicyclic amines) is 1. The van der Waals surface area contributed by atoms with Crippen molar-refractivity contribution in [2.75, 3.05) is 26.7 Å². The molecule has 4 heteroatoms. The van der Waals surface area contributed by atoms with Gasteiger partial charge in [-0.3, -0.25) is 0 Å². The van der Waals surface area contributed by atoms with E-state index in [-0.39, 0.29) is 0 Å². The summed E-state index contributed by atoms with van der Waals surface area (Å²) in [7, 11) is 2.23. The number of hydrogen-bond acceptors (Lipinski definition) is 3. The van der Waals surface area contributed by atoms with Gasteiger partial charge in [-0.05, 0) is 51.5 Å².